The summed E-state index contributed by atoms with van der Waals surface area (Å²) in [7, 11) is 1.64. The Labute approximate surface area is 151 Å². The highest BCUT2D eigenvalue weighted by Gasteiger charge is 2.22. The third-order valence-corrected chi connectivity index (χ3v) is 4.83. The number of aromatic amines is 1. The lowest BCUT2D eigenvalue weighted by Crippen LogP contribution is -2.45. The molecule has 0 aliphatic carbocycles. The van der Waals surface area contributed by atoms with Crippen molar-refractivity contribution in [2.24, 2.45) is 18.7 Å². The summed E-state index contributed by atoms with van der Waals surface area (Å²) < 4.78 is 1.32. The Morgan fingerprint density at radius 3 is 2.85 bits per heavy atom. The summed E-state index contributed by atoms with van der Waals surface area (Å²) in [6, 6.07) is 1.03. The summed E-state index contributed by atoms with van der Waals surface area (Å²) in [4.78, 5) is 32.9. The zero-order valence-corrected chi connectivity index (χ0v) is 14.9. The van der Waals surface area contributed by atoms with Crippen LogP contribution in [0.3, 0.4) is 0 Å². The van der Waals surface area contributed by atoms with E-state index >= 15 is 0 Å². The number of hydrogen-bond acceptors (Lipinski definition) is 6. The minimum absolute atomic E-state index is 0.108. The molecule has 140 valence electrons. The number of amides is 1. The second-order valence-corrected chi connectivity index (χ2v) is 6.74. The predicted octanol–water partition coefficient (Wildman–Crippen LogP) is -0.594. The Kier molecular flexibility index (Phi) is 5.67. The first-order valence-electron chi connectivity index (χ1n) is 8.82. The average Bonchev–Trinajstić information content (AvgIpc) is 3.15. The largest absolute Gasteiger partial charge is 0.370 e. The molecule has 9 nitrogen and oxygen atoms in total. The zero-order valence-electron chi connectivity index (χ0n) is 14.9. The van der Waals surface area contributed by atoms with Crippen LogP contribution in [-0.4, -0.2) is 51.3 Å². The zero-order chi connectivity index (χ0) is 18.5. The van der Waals surface area contributed by atoms with Crippen LogP contribution < -0.4 is 21.5 Å². The number of nitrogens with one attached hydrogen (secondary N) is 2. The first kappa shape index (κ1) is 18.1. The van der Waals surface area contributed by atoms with Crippen LogP contribution in [0.2, 0.25) is 0 Å². The summed E-state index contributed by atoms with van der Waals surface area (Å²) in [5, 5.41) is 7.02. The van der Waals surface area contributed by atoms with E-state index in [0.29, 0.717) is 18.9 Å². The van der Waals surface area contributed by atoms with Gasteiger partial charge in [0.25, 0.3) is 5.56 Å². The van der Waals surface area contributed by atoms with Crippen molar-refractivity contribution in [3.05, 3.63) is 40.8 Å². The van der Waals surface area contributed by atoms with Crippen LogP contribution in [0.25, 0.3) is 0 Å². The summed E-state index contributed by atoms with van der Waals surface area (Å²) in [5.74, 6) is 0.270. The van der Waals surface area contributed by atoms with Gasteiger partial charge in [0.15, 0.2) is 0 Å². The van der Waals surface area contributed by atoms with E-state index in [2.05, 4.69) is 25.3 Å². The molecule has 0 aromatic carbocycles. The van der Waals surface area contributed by atoms with Crippen molar-refractivity contribution < 1.29 is 4.79 Å². The van der Waals surface area contributed by atoms with Gasteiger partial charge in [-0.05, 0) is 18.8 Å². The molecule has 0 radical (unpaired) electrons. The topological polar surface area (TPSA) is 122 Å². The molecule has 1 saturated heterocycles. The number of aryl methyl sites for hydroxylation is 1. The number of anilines is 1. The van der Waals surface area contributed by atoms with Crippen molar-refractivity contribution in [2.75, 3.05) is 24.5 Å². The lowest BCUT2D eigenvalue weighted by Gasteiger charge is -2.33. The van der Waals surface area contributed by atoms with E-state index in [1.165, 1.54) is 4.68 Å². The number of aromatic nitrogens is 4. The molecule has 1 aliphatic rings. The number of carbonyl (C=O) groups is 1. The summed E-state index contributed by atoms with van der Waals surface area (Å²) in [6.07, 6.45) is 7.31. The highest BCUT2D eigenvalue weighted by Crippen LogP contribution is 2.21. The van der Waals surface area contributed by atoms with Gasteiger partial charge < -0.3 is 20.9 Å². The van der Waals surface area contributed by atoms with E-state index in [9.17, 15) is 9.59 Å². The molecular weight excluding hydrogens is 334 g/mol. The maximum Gasteiger partial charge on any atom is 0.268 e. The van der Waals surface area contributed by atoms with Gasteiger partial charge in [-0.15, -0.1) is 0 Å². The Morgan fingerprint density at radius 2 is 2.19 bits per heavy atom. The average molecular weight is 359 g/mol. The van der Waals surface area contributed by atoms with Crippen molar-refractivity contribution in [3.63, 3.8) is 0 Å². The molecule has 2 aromatic heterocycles. The molecule has 3 rings (SSSR count). The fourth-order valence-electron chi connectivity index (χ4n) is 3.13. The van der Waals surface area contributed by atoms with Crippen molar-refractivity contribution in [2.45, 2.75) is 25.3 Å². The molecule has 0 saturated carbocycles. The van der Waals surface area contributed by atoms with Crippen molar-refractivity contribution in [3.8, 4) is 0 Å². The molecule has 3 heterocycles. The van der Waals surface area contributed by atoms with Gasteiger partial charge in [0.05, 0.1) is 24.3 Å². The molecule has 9 heteroatoms. The van der Waals surface area contributed by atoms with Crippen molar-refractivity contribution in [1.29, 1.82) is 0 Å². The number of H-pyrrole nitrogens is 1. The van der Waals surface area contributed by atoms with Gasteiger partial charge in [-0.1, -0.05) is 0 Å². The first-order chi connectivity index (χ1) is 12.5. The Hall–Kier alpha value is -2.68. The van der Waals surface area contributed by atoms with E-state index in [0.717, 1.165) is 37.3 Å². The van der Waals surface area contributed by atoms with Crippen LogP contribution in [-0.2, 0) is 18.3 Å². The number of piperidine rings is 1. The molecule has 26 heavy (non-hydrogen) atoms. The van der Waals surface area contributed by atoms with Crippen LogP contribution in [0, 0.1) is 5.92 Å². The maximum atomic E-state index is 12.1. The smallest absolute Gasteiger partial charge is 0.268 e. The number of nitrogens with two attached hydrogens (primary N) is 1. The fraction of sp³-hybridized carbons (Fsp3) is 0.529. The van der Waals surface area contributed by atoms with Crippen molar-refractivity contribution in [1.82, 2.24) is 25.1 Å². The molecule has 0 bridgehead atoms. The monoisotopic (exact) mass is 359 g/mol. The van der Waals surface area contributed by atoms with Gasteiger partial charge in [-0.2, -0.15) is 5.10 Å². The number of nitrogens with zero attached hydrogens (tertiary/aromatic N) is 4. The highest BCUT2D eigenvalue weighted by atomic mass is 16.2. The van der Waals surface area contributed by atoms with Gasteiger partial charge >= 0.3 is 0 Å². The van der Waals surface area contributed by atoms with Gasteiger partial charge in [-0.3, -0.25) is 9.59 Å². The second kappa shape index (κ2) is 8.13. The number of carbonyl (C=O) groups excluding carboxylic acids is 1. The Bertz CT molecular complexity index is 779. The molecular formula is C17H25N7O2. The number of imidazole rings is 1. The minimum atomic E-state index is -0.581. The second-order valence-electron chi connectivity index (χ2n) is 6.74. The van der Waals surface area contributed by atoms with E-state index < -0.39 is 6.04 Å². The molecule has 2 aromatic rings. The van der Waals surface area contributed by atoms with E-state index in [1.54, 1.807) is 31.8 Å². The fourth-order valence-corrected chi connectivity index (χ4v) is 3.13. The Morgan fingerprint density at radius 1 is 1.42 bits per heavy atom. The quantitative estimate of drug-likeness (QED) is 0.633. The van der Waals surface area contributed by atoms with Gasteiger partial charge in [0.2, 0.25) is 5.91 Å². The molecule has 0 unspecified atom stereocenters. The van der Waals surface area contributed by atoms with E-state index in [1.807, 2.05) is 0 Å². The maximum absolute atomic E-state index is 12.1. The summed E-state index contributed by atoms with van der Waals surface area (Å²) >= 11 is 0. The summed E-state index contributed by atoms with van der Waals surface area (Å²) in [6.45, 7) is 2.31. The standard InChI is InChI=1S/C17H25N7O2/c1-23-16(25)7-14(10-22-23)24-4-2-12(3-5-24)8-20-17(26)15(18)6-13-9-19-11-21-13/h7,9-12,15H,2-6,8,18H2,1H3,(H,19,21)(H,20,26)/t15-/m0/s1. The van der Waals surface area contributed by atoms with Gasteiger partial charge in [0.1, 0.15) is 0 Å². The Balaban J connectivity index is 1.43. The molecule has 1 atom stereocenters. The molecule has 1 fully saturated rings. The lowest BCUT2D eigenvalue weighted by molar-refractivity contribution is -0.122. The number of rotatable bonds is 6. The lowest BCUT2D eigenvalue weighted by atomic mass is 9.96. The van der Waals surface area contributed by atoms with Gasteiger partial charge in [0, 0.05) is 51.1 Å². The van der Waals surface area contributed by atoms with Crippen LogP contribution in [0.4, 0.5) is 5.69 Å². The third-order valence-electron chi connectivity index (χ3n) is 4.83. The predicted molar refractivity (Wildman–Crippen MR) is 97.7 cm³/mol. The molecule has 4 N–H and O–H groups in total. The van der Waals surface area contributed by atoms with E-state index in [4.69, 9.17) is 5.73 Å². The molecule has 1 amide bonds. The third kappa shape index (κ3) is 4.48. The molecule has 1 aliphatic heterocycles. The van der Waals surface area contributed by atoms with E-state index in [-0.39, 0.29) is 11.5 Å². The molecule has 0 spiro atoms. The summed E-state index contributed by atoms with van der Waals surface area (Å²) in [5.41, 5.74) is 7.54. The highest BCUT2D eigenvalue weighted by molar-refractivity contribution is 5.81. The van der Waals surface area contributed by atoms with Crippen LogP contribution in [0.15, 0.2) is 29.6 Å². The van der Waals surface area contributed by atoms with Crippen molar-refractivity contribution >= 4 is 11.6 Å². The van der Waals surface area contributed by atoms with Crippen LogP contribution >= 0.6 is 0 Å². The number of hydrogen-bond donors (Lipinski definition) is 3. The van der Waals surface area contributed by atoms with Crippen LogP contribution in [0.1, 0.15) is 18.5 Å². The first-order valence-corrected chi connectivity index (χ1v) is 8.82. The normalized spacial score (nSPS) is 16.5. The van der Waals surface area contributed by atoms with Gasteiger partial charge in [-0.25, -0.2) is 9.67 Å². The minimum Gasteiger partial charge on any atom is -0.370 e. The van der Waals surface area contributed by atoms with Crippen LogP contribution in [0.5, 0.6) is 0 Å². The SMILES string of the molecule is Cn1ncc(N2CCC(CNC(=O)[C@@H](N)Cc3cnc[nH]3)CC2)cc1=O.